The van der Waals surface area contributed by atoms with Crippen molar-refractivity contribution in [2.75, 3.05) is 26.9 Å². The monoisotopic (exact) mass is 387 g/mol. The van der Waals surface area contributed by atoms with E-state index in [1.807, 2.05) is 0 Å². The molecule has 1 fully saturated rings. The summed E-state index contributed by atoms with van der Waals surface area (Å²) in [5.74, 6) is 8.25. The lowest BCUT2D eigenvalue weighted by molar-refractivity contribution is 0.137. The van der Waals surface area contributed by atoms with Gasteiger partial charge in [0.2, 0.25) is 0 Å². The van der Waals surface area contributed by atoms with Crippen molar-refractivity contribution in [3.05, 3.63) is 0 Å². The fraction of sp³-hybridized carbons (Fsp3) is 0.833. The summed E-state index contributed by atoms with van der Waals surface area (Å²) in [4.78, 5) is 20.8. The highest BCUT2D eigenvalue weighted by molar-refractivity contribution is 7.47. The first kappa shape index (κ1) is 21.2. The molecule has 0 radical (unpaired) electrons. The molecule has 148 valence electrons. The topological polar surface area (TPSA) is 94.1 Å². The van der Waals surface area contributed by atoms with Crippen LogP contribution in [0.4, 0.5) is 4.79 Å². The van der Waals surface area contributed by atoms with E-state index >= 15 is 0 Å². The van der Waals surface area contributed by atoms with Crippen molar-refractivity contribution in [2.24, 2.45) is 17.8 Å². The van der Waals surface area contributed by atoms with Gasteiger partial charge >= 0.3 is 13.9 Å². The van der Waals surface area contributed by atoms with Crippen LogP contribution in [0.1, 0.15) is 51.4 Å². The van der Waals surface area contributed by atoms with E-state index in [-0.39, 0.29) is 12.7 Å². The molecule has 8 heteroatoms. The second-order valence-electron chi connectivity index (χ2n) is 6.85. The third-order valence-corrected chi connectivity index (χ3v) is 6.04. The van der Waals surface area contributed by atoms with Gasteiger partial charge in [-0.15, -0.1) is 11.8 Å². The number of alkyl carbamates (subject to hydrolysis) is 1. The molecule has 0 aliphatic heterocycles. The fourth-order valence-corrected chi connectivity index (χ4v) is 3.97. The molecular weight excluding hydrogens is 357 g/mol. The molecule has 0 bridgehead atoms. The van der Waals surface area contributed by atoms with E-state index in [2.05, 4.69) is 21.7 Å². The molecule has 1 amide bonds. The van der Waals surface area contributed by atoms with Crippen molar-refractivity contribution in [1.82, 2.24) is 5.32 Å². The van der Waals surface area contributed by atoms with Gasteiger partial charge in [-0.1, -0.05) is 12.8 Å². The number of fused-ring (bicyclic) bond motifs is 1. The normalized spacial score (nSPS) is 26.3. The van der Waals surface area contributed by atoms with Crippen LogP contribution in [0.25, 0.3) is 0 Å². The number of phosphoric acid groups is 1. The van der Waals surface area contributed by atoms with Gasteiger partial charge in [0.25, 0.3) is 0 Å². The lowest BCUT2D eigenvalue weighted by Crippen LogP contribution is -2.26. The minimum absolute atomic E-state index is 0.186. The van der Waals surface area contributed by atoms with Gasteiger partial charge in [-0.2, -0.15) is 0 Å². The number of nitrogens with one attached hydrogen (secondary N) is 1. The Morgan fingerprint density at radius 2 is 1.81 bits per heavy atom. The molecule has 0 spiro atoms. The molecule has 0 aromatic carbocycles. The molecule has 2 aliphatic carbocycles. The van der Waals surface area contributed by atoms with Gasteiger partial charge in [-0.05, 0) is 43.4 Å². The third kappa shape index (κ3) is 7.67. The minimum Gasteiger partial charge on any atom is -0.449 e. The summed E-state index contributed by atoms with van der Waals surface area (Å²) in [6.07, 6.45) is 7.12. The van der Waals surface area contributed by atoms with Gasteiger partial charge in [0.1, 0.15) is 0 Å². The standard InChI is InChI=1S/C18H30NO6P/c1-23-26(21,22)25-13-9-5-4-8-12-19-18(20)24-14-17-15-10-6-2-3-7-11-16(15)17/h15-17H,4-14H2,1H3,(H,19,20)(H,21,22)/t15-,16+,17?. The van der Waals surface area contributed by atoms with Crippen LogP contribution in [0, 0.1) is 29.6 Å². The Balaban J connectivity index is 1.42. The average Bonchev–Trinajstić information content (AvgIpc) is 3.24. The molecule has 0 heterocycles. The summed E-state index contributed by atoms with van der Waals surface area (Å²) in [5.41, 5.74) is 0. The summed E-state index contributed by atoms with van der Waals surface area (Å²) in [6.45, 7) is 1.27. The first-order valence-corrected chi connectivity index (χ1v) is 10.9. The van der Waals surface area contributed by atoms with Gasteiger partial charge in [0.15, 0.2) is 0 Å². The van der Waals surface area contributed by atoms with Gasteiger partial charge < -0.3 is 14.9 Å². The second-order valence-corrected chi connectivity index (χ2v) is 8.41. The molecule has 1 saturated carbocycles. The van der Waals surface area contributed by atoms with Gasteiger partial charge in [0, 0.05) is 26.5 Å². The Labute approximate surface area is 155 Å². The quantitative estimate of drug-likeness (QED) is 0.320. The Morgan fingerprint density at radius 1 is 1.15 bits per heavy atom. The van der Waals surface area contributed by atoms with Crippen LogP contribution in [0.15, 0.2) is 0 Å². The zero-order valence-electron chi connectivity index (χ0n) is 15.4. The van der Waals surface area contributed by atoms with E-state index < -0.39 is 7.82 Å². The first-order valence-electron chi connectivity index (χ1n) is 9.43. The van der Waals surface area contributed by atoms with Gasteiger partial charge in [-0.3, -0.25) is 9.05 Å². The fourth-order valence-electron chi connectivity index (χ4n) is 3.51. The lowest BCUT2D eigenvalue weighted by Gasteiger charge is -2.09. The van der Waals surface area contributed by atoms with Crippen LogP contribution in [0.3, 0.4) is 0 Å². The molecule has 2 unspecified atom stereocenters. The van der Waals surface area contributed by atoms with Crippen molar-refractivity contribution in [1.29, 1.82) is 0 Å². The maximum absolute atomic E-state index is 11.7. The maximum Gasteiger partial charge on any atom is 0.471 e. The predicted molar refractivity (Wildman–Crippen MR) is 97.3 cm³/mol. The summed E-state index contributed by atoms with van der Waals surface area (Å²) < 4.78 is 25.5. The highest BCUT2D eigenvalue weighted by Crippen LogP contribution is 2.52. The van der Waals surface area contributed by atoms with E-state index in [1.54, 1.807) is 0 Å². The SMILES string of the molecule is COP(=O)(O)OCCCCCCNC(=O)OCC1[C@H]2CCC#CCC[C@@H]12. The molecule has 2 aliphatic rings. The molecule has 0 aromatic heterocycles. The third-order valence-electron chi connectivity index (χ3n) is 5.07. The highest BCUT2D eigenvalue weighted by Gasteiger charge is 2.49. The summed E-state index contributed by atoms with van der Waals surface area (Å²) in [5, 5.41) is 2.77. The molecule has 26 heavy (non-hydrogen) atoms. The number of hydrogen-bond donors (Lipinski definition) is 2. The van der Waals surface area contributed by atoms with E-state index in [0.717, 1.165) is 52.1 Å². The predicted octanol–water partition coefficient (Wildman–Crippen LogP) is 3.48. The van der Waals surface area contributed by atoms with Crippen molar-refractivity contribution in [3.8, 4) is 11.8 Å². The molecule has 2 rings (SSSR count). The Hall–Kier alpha value is -1.06. The van der Waals surface area contributed by atoms with Crippen molar-refractivity contribution in [2.45, 2.75) is 51.4 Å². The lowest BCUT2D eigenvalue weighted by atomic mass is 10.1. The highest BCUT2D eigenvalue weighted by atomic mass is 31.2. The largest absolute Gasteiger partial charge is 0.471 e. The Morgan fingerprint density at radius 3 is 2.46 bits per heavy atom. The zero-order chi connectivity index (χ0) is 18.8. The summed E-state index contributed by atoms with van der Waals surface area (Å²) >= 11 is 0. The molecular formula is C18H30NO6P. The summed E-state index contributed by atoms with van der Waals surface area (Å²) in [7, 11) is -2.72. The van der Waals surface area contributed by atoms with E-state index in [1.165, 1.54) is 0 Å². The van der Waals surface area contributed by atoms with Gasteiger partial charge in [-0.25, -0.2) is 9.36 Å². The molecule has 4 atom stereocenters. The number of phosphoric ester groups is 1. The number of ether oxygens (including phenoxy) is 1. The van der Waals surface area contributed by atoms with E-state index in [4.69, 9.17) is 14.2 Å². The van der Waals surface area contributed by atoms with Crippen molar-refractivity contribution >= 4 is 13.9 Å². The summed E-state index contributed by atoms with van der Waals surface area (Å²) in [6, 6.07) is 0. The van der Waals surface area contributed by atoms with Crippen LogP contribution < -0.4 is 5.32 Å². The van der Waals surface area contributed by atoms with Crippen molar-refractivity contribution in [3.63, 3.8) is 0 Å². The Kier molecular flexibility index (Phi) is 8.94. The number of carbonyl (C=O) groups excluding carboxylic acids is 1. The number of amides is 1. The second kappa shape index (κ2) is 10.9. The molecule has 0 saturated heterocycles. The van der Waals surface area contributed by atoms with Crippen LogP contribution in [0.5, 0.6) is 0 Å². The average molecular weight is 387 g/mol. The van der Waals surface area contributed by atoms with Crippen LogP contribution in [0.2, 0.25) is 0 Å². The minimum atomic E-state index is -3.85. The molecule has 7 nitrogen and oxygen atoms in total. The van der Waals surface area contributed by atoms with Crippen LogP contribution >= 0.6 is 7.82 Å². The van der Waals surface area contributed by atoms with Crippen LogP contribution in [-0.2, 0) is 18.3 Å². The number of rotatable bonds is 11. The first-order chi connectivity index (χ1) is 12.5. The van der Waals surface area contributed by atoms with E-state index in [9.17, 15) is 9.36 Å². The molecule has 0 aromatic rings. The smallest absolute Gasteiger partial charge is 0.449 e. The van der Waals surface area contributed by atoms with Gasteiger partial charge in [0.05, 0.1) is 13.2 Å². The number of carbonyl (C=O) groups is 1. The van der Waals surface area contributed by atoms with Crippen molar-refractivity contribution < 1.29 is 28.0 Å². The number of unbranched alkanes of at least 4 members (excludes halogenated alkanes) is 3. The Bertz CT molecular complexity index is 540. The molecule has 2 N–H and O–H groups in total. The number of hydrogen-bond acceptors (Lipinski definition) is 5. The zero-order valence-corrected chi connectivity index (χ0v) is 16.3. The van der Waals surface area contributed by atoms with Crippen LogP contribution in [-0.4, -0.2) is 37.9 Å². The maximum atomic E-state index is 11.7. The van der Waals surface area contributed by atoms with E-state index in [0.29, 0.717) is 37.3 Å².